The lowest BCUT2D eigenvalue weighted by molar-refractivity contribution is 0.102. The van der Waals surface area contributed by atoms with Gasteiger partial charge in [-0.25, -0.2) is 4.79 Å². The molecule has 10 heteroatoms. The van der Waals surface area contributed by atoms with Gasteiger partial charge in [0.2, 0.25) is 0 Å². The zero-order valence-electron chi connectivity index (χ0n) is 15.1. The van der Waals surface area contributed by atoms with Crippen LogP contribution in [0.5, 0.6) is 0 Å². The molecule has 2 aromatic rings. The van der Waals surface area contributed by atoms with Gasteiger partial charge in [0.05, 0.1) is 5.75 Å². The summed E-state index contributed by atoms with van der Waals surface area (Å²) in [6.07, 6.45) is 2.82. The molecule has 0 aliphatic heterocycles. The summed E-state index contributed by atoms with van der Waals surface area (Å²) in [6, 6.07) is 0.395. The number of carbonyl (C=O) groups excluding carboxylic acids is 1. The van der Waals surface area contributed by atoms with Crippen LogP contribution in [0.4, 0.5) is 5.82 Å². The predicted molar refractivity (Wildman–Crippen MR) is 98.7 cm³/mol. The zero-order valence-corrected chi connectivity index (χ0v) is 15.9. The fraction of sp³-hybridized carbons (Fsp3) is 0.562. The number of nitrogens with zero attached hydrogens (tertiary/aromatic N) is 5. The Morgan fingerprint density at radius 3 is 2.62 bits per heavy atom. The van der Waals surface area contributed by atoms with Crippen molar-refractivity contribution >= 4 is 23.4 Å². The van der Waals surface area contributed by atoms with Gasteiger partial charge in [-0.15, -0.1) is 10.2 Å². The number of carbonyl (C=O) groups is 1. The molecular formula is C16H22N6O3S. The van der Waals surface area contributed by atoms with Gasteiger partial charge in [0.25, 0.3) is 5.56 Å². The average molecular weight is 378 g/mol. The summed E-state index contributed by atoms with van der Waals surface area (Å²) in [4.78, 5) is 37.3. The summed E-state index contributed by atoms with van der Waals surface area (Å²) in [5.41, 5.74) is 4.68. The topological polar surface area (TPSA) is 118 Å². The maximum Gasteiger partial charge on any atom is 0.332 e. The Morgan fingerprint density at radius 1 is 1.31 bits per heavy atom. The van der Waals surface area contributed by atoms with Gasteiger partial charge in [0, 0.05) is 19.6 Å². The fourth-order valence-electron chi connectivity index (χ4n) is 2.89. The number of nitrogens with two attached hydrogens (primary N) is 1. The fourth-order valence-corrected chi connectivity index (χ4v) is 3.81. The van der Waals surface area contributed by atoms with Crippen molar-refractivity contribution in [2.24, 2.45) is 7.05 Å². The third-order valence-corrected chi connectivity index (χ3v) is 5.33. The number of hydrogen-bond acceptors (Lipinski definition) is 7. The van der Waals surface area contributed by atoms with E-state index in [-0.39, 0.29) is 17.1 Å². The van der Waals surface area contributed by atoms with E-state index in [0.29, 0.717) is 24.2 Å². The highest BCUT2D eigenvalue weighted by molar-refractivity contribution is 7.99. The Balaban J connectivity index is 1.89. The van der Waals surface area contributed by atoms with Crippen LogP contribution < -0.4 is 17.0 Å². The van der Waals surface area contributed by atoms with E-state index in [1.54, 1.807) is 0 Å². The number of rotatable bonds is 7. The Kier molecular flexibility index (Phi) is 5.03. The minimum Gasteiger partial charge on any atom is -0.384 e. The van der Waals surface area contributed by atoms with Gasteiger partial charge in [-0.05, 0) is 26.2 Å². The normalized spacial score (nSPS) is 14.0. The second-order valence-corrected chi connectivity index (χ2v) is 7.34. The molecule has 26 heavy (non-hydrogen) atoms. The van der Waals surface area contributed by atoms with Crippen molar-refractivity contribution in [2.75, 3.05) is 11.5 Å². The molecule has 2 heterocycles. The van der Waals surface area contributed by atoms with Gasteiger partial charge in [0.1, 0.15) is 17.2 Å². The summed E-state index contributed by atoms with van der Waals surface area (Å²) >= 11 is 1.23. The van der Waals surface area contributed by atoms with Gasteiger partial charge in [0.15, 0.2) is 10.9 Å². The minimum atomic E-state index is -0.662. The number of aryl methyl sites for hydroxylation is 1. The number of hydrogen-bond donors (Lipinski definition) is 1. The van der Waals surface area contributed by atoms with Gasteiger partial charge >= 0.3 is 5.69 Å². The average Bonchev–Trinajstić information content (AvgIpc) is 3.38. The highest BCUT2D eigenvalue weighted by atomic mass is 32.2. The van der Waals surface area contributed by atoms with E-state index in [2.05, 4.69) is 10.2 Å². The lowest BCUT2D eigenvalue weighted by atomic mass is 10.2. The Bertz CT molecular complexity index is 970. The Hall–Kier alpha value is -2.36. The number of ketones is 1. The number of nitrogen functional groups attached to an aromatic ring is 1. The number of Topliss-reactive ketones (excluding diaryl/α,β-unsaturated/α-hetero) is 1. The van der Waals surface area contributed by atoms with E-state index in [9.17, 15) is 14.4 Å². The molecule has 9 nitrogen and oxygen atoms in total. The maximum absolute atomic E-state index is 12.7. The second kappa shape index (κ2) is 7.10. The minimum absolute atomic E-state index is 0.00855. The van der Waals surface area contributed by atoms with Gasteiger partial charge < -0.3 is 10.3 Å². The van der Waals surface area contributed by atoms with E-state index < -0.39 is 17.0 Å². The monoisotopic (exact) mass is 378 g/mol. The summed E-state index contributed by atoms with van der Waals surface area (Å²) < 4.78 is 4.23. The Labute approximate surface area is 154 Å². The largest absolute Gasteiger partial charge is 0.384 e. The molecule has 0 spiro atoms. The first-order valence-electron chi connectivity index (χ1n) is 8.53. The van der Waals surface area contributed by atoms with Crippen molar-refractivity contribution in [3.05, 3.63) is 32.2 Å². The molecule has 1 aliphatic rings. The summed E-state index contributed by atoms with van der Waals surface area (Å²) in [7, 11) is 1.35. The first-order valence-corrected chi connectivity index (χ1v) is 9.52. The van der Waals surface area contributed by atoms with Crippen LogP contribution in [0.1, 0.15) is 48.4 Å². The molecule has 0 saturated heterocycles. The van der Waals surface area contributed by atoms with E-state index in [4.69, 9.17) is 5.73 Å². The summed E-state index contributed by atoms with van der Waals surface area (Å²) in [5, 5.41) is 8.86. The Morgan fingerprint density at radius 2 is 2.00 bits per heavy atom. The molecule has 2 aromatic heterocycles. The van der Waals surface area contributed by atoms with Crippen LogP contribution in [0.2, 0.25) is 0 Å². The first kappa shape index (κ1) is 18.4. The van der Waals surface area contributed by atoms with E-state index in [0.717, 1.165) is 23.2 Å². The summed E-state index contributed by atoms with van der Waals surface area (Å²) in [6.45, 7) is 4.12. The van der Waals surface area contributed by atoms with E-state index in [1.807, 2.05) is 18.4 Å². The van der Waals surface area contributed by atoms with Crippen LogP contribution in [0.3, 0.4) is 0 Å². The molecule has 0 unspecified atom stereocenters. The molecule has 0 radical (unpaired) electrons. The van der Waals surface area contributed by atoms with Crippen LogP contribution in [0.15, 0.2) is 14.7 Å². The quantitative estimate of drug-likeness (QED) is 0.558. The van der Waals surface area contributed by atoms with E-state index >= 15 is 0 Å². The zero-order chi connectivity index (χ0) is 19.0. The molecule has 0 aromatic carbocycles. The molecule has 1 saturated carbocycles. The molecule has 2 N–H and O–H groups in total. The molecule has 0 atom stereocenters. The van der Waals surface area contributed by atoms with Crippen molar-refractivity contribution in [2.45, 2.75) is 50.9 Å². The highest BCUT2D eigenvalue weighted by Gasteiger charge is 2.29. The van der Waals surface area contributed by atoms with Crippen molar-refractivity contribution in [1.29, 1.82) is 0 Å². The van der Waals surface area contributed by atoms with Gasteiger partial charge in [-0.3, -0.25) is 18.7 Å². The standard InChI is InChI=1S/C16H22N6O3S/c1-4-7-21-13(17)12(14(24)20(3)16(21)25)11(23)8-26-15-19-18-9(2)22(15)10-5-6-10/h10H,4-8,17H2,1-3H3. The van der Waals surface area contributed by atoms with Gasteiger partial charge in [-0.1, -0.05) is 18.7 Å². The van der Waals surface area contributed by atoms with Crippen molar-refractivity contribution in [3.8, 4) is 0 Å². The van der Waals surface area contributed by atoms with Crippen LogP contribution in [-0.2, 0) is 13.6 Å². The molecular weight excluding hydrogens is 356 g/mol. The predicted octanol–water partition coefficient (Wildman–Crippen LogP) is 0.749. The van der Waals surface area contributed by atoms with Crippen LogP contribution in [-0.4, -0.2) is 35.4 Å². The molecule has 0 amide bonds. The number of aromatic nitrogens is 5. The molecule has 3 rings (SSSR count). The van der Waals surface area contributed by atoms with Crippen molar-refractivity contribution in [3.63, 3.8) is 0 Å². The number of thioether (sulfide) groups is 1. The van der Waals surface area contributed by atoms with E-state index in [1.165, 1.54) is 23.4 Å². The molecule has 1 fully saturated rings. The lowest BCUT2D eigenvalue weighted by Crippen LogP contribution is -2.42. The second-order valence-electron chi connectivity index (χ2n) is 6.40. The molecule has 1 aliphatic carbocycles. The number of anilines is 1. The van der Waals surface area contributed by atoms with Crippen molar-refractivity contribution in [1.82, 2.24) is 23.9 Å². The van der Waals surface area contributed by atoms with Crippen LogP contribution in [0.25, 0.3) is 0 Å². The third-order valence-electron chi connectivity index (χ3n) is 4.39. The smallest absolute Gasteiger partial charge is 0.332 e. The van der Waals surface area contributed by atoms with Crippen molar-refractivity contribution < 1.29 is 4.79 Å². The van der Waals surface area contributed by atoms with Crippen LogP contribution in [0, 0.1) is 6.92 Å². The SMILES string of the molecule is CCCn1c(N)c(C(=O)CSc2nnc(C)n2C2CC2)c(=O)n(C)c1=O. The maximum atomic E-state index is 12.7. The van der Waals surface area contributed by atoms with Gasteiger partial charge in [-0.2, -0.15) is 0 Å². The molecule has 0 bridgehead atoms. The first-order chi connectivity index (χ1) is 12.4. The summed E-state index contributed by atoms with van der Waals surface area (Å²) in [5.74, 6) is 0.343. The molecule has 140 valence electrons. The third kappa shape index (κ3) is 3.20. The van der Waals surface area contributed by atoms with Crippen LogP contribution >= 0.6 is 11.8 Å². The highest BCUT2D eigenvalue weighted by Crippen LogP contribution is 2.38. The lowest BCUT2D eigenvalue weighted by Gasteiger charge is -2.13.